The van der Waals surface area contributed by atoms with Crippen molar-refractivity contribution in [2.45, 2.75) is 72.3 Å². The van der Waals surface area contributed by atoms with Gasteiger partial charge in [0.15, 0.2) is 0 Å². The molecule has 0 aromatic rings. The molecular weight excluding hydrogens is 232 g/mol. The summed E-state index contributed by atoms with van der Waals surface area (Å²) in [5.74, 6) is 0.733. The van der Waals surface area contributed by atoms with Gasteiger partial charge in [-0.2, -0.15) is 0 Å². The minimum atomic E-state index is 0.273. The average Bonchev–Trinajstić information content (AvgIpc) is 2.89. The lowest BCUT2D eigenvalue weighted by Crippen LogP contribution is -2.55. The summed E-state index contributed by atoms with van der Waals surface area (Å²) in [7, 11) is 0. The smallest absolute Gasteiger partial charge is 0.0362 e. The van der Waals surface area contributed by atoms with E-state index in [1.165, 1.54) is 45.2 Å². The Morgan fingerprint density at radius 1 is 1.21 bits per heavy atom. The lowest BCUT2D eigenvalue weighted by Gasteiger charge is -2.43. The Morgan fingerprint density at radius 3 is 2.21 bits per heavy atom. The number of rotatable bonds is 4. The number of hydrogen-bond donors (Lipinski definition) is 1. The number of hydrogen-bond acceptors (Lipinski definition) is 2. The topological polar surface area (TPSA) is 29.3 Å². The van der Waals surface area contributed by atoms with Crippen molar-refractivity contribution in [1.29, 1.82) is 0 Å². The summed E-state index contributed by atoms with van der Waals surface area (Å²) in [6.45, 7) is 15.4. The summed E-state index contributed by atoms with van der Waals surface area (Å²) < 4.78 is 0. The molecule has 2 heteroatoms. The zero-order valence-electron chi connectivity index (χ0n) is 13.8. The van der Waals surface area contributed by atoms with Crippen molar-refractivity contribution >= 4 is 0 Å². The van der Waals surface area contributed by atoms with Crippen molar-refractivity contribution in [2.24, 2.45) is 22.5 Å². The normalized spacial score (nSPS) is 37.9. The lowest BCUT2D eigenvalue weighted by atomic mass is 9.81. The third-order valence-corrected chi connectivity index (χ3v) is 6.48. The molecule has 2 atom stereocenters. The maximum Gasteiger partial charge on any atom is 0.0362 e. The summed E-state index contributed by atoms with van der Waals surface area (Å²) >= 11 is 0. The molecule has 2 nitrogen and oxygen atoms in total. The minimum absolute atomic E-state index is 0.273. The van der Waals surface area contributed by atoms with Gasteiger partial charge in [-0.3, -0.25) is 4.90 Å². The van der Waals surface area contributed by atoms with Gasteiger partial charge in [-0.25, -0.2) is 0 Å². The van der Waals surface area contributed by atoms with Crippen molar-refractivity contribution in [3.8, 4) is 0 Å². The number of nitrogens with two attached hydrogens (primary N) is 1. The van der Waals surface area contributed by atoms with Gasteiger partial charge in [-0.15, -0.1) is 0 Å². The fourth-order valence-electron chi connectivity index (χ4n) is 5.06. The van der Waals surface area contributed by atoms with E-state index in [2.05, 4.69) is 39.5 Å². The van der Waals surface area contributed by atoms with Gasteiger partial charge in [-0.1, -0.05) is 34.6 Å². The van der Waals surface area contributed by atoms with Crippen LogP contribution in [-0.4, -0.2) is 30.1 Å². The van der Waals surface area contributed by atoms with Gasteiger partial charge < -0.3 is 5.73 Å². The molecule has 112 valence electrons. The lowest BCUT2D eigenvalue weighted by molar-refractivity contribution is 0.0683. The van der Waals surface area contributed by atoms with Gasteiger partial charge in [0, 0.05) is 18.6 Å². The van der Waals surface area contributed by atoms with Crippen LogP contribution in [-0.2, 0) is 0 Å². The standard InChI is InChI=1S/C17H34N2/c1-6-16(7-2)8-9-19(13-16)17(12-18)11-15(4,5)10-14(17)3/h14H,6-13,18H2,1-5H3. The Labute approximate surface area is 120 Å². The SMILES string of the molecule is CCC1(CC)CCN(C2(CN)CC(C)(C)CC2C)C1. The van der Waals surface area contributed by atoms with Crippen molar-refractivity contribution < 1.29 is 0 Å². The molecule has 2 fully saturated rings. The molecule has 1 heterocycles. The fourth-order valence-corrected chi connectivity index (χ4v) is 5.06. The Balaban J connectivity index is 2.20. The Hall–Kier alpha value is -0.0800. The van der Waals surface area contributed by atoms with Crippen molar-refractivity contribution in [3.63, 3.8) is 0 Å². The molecule has 1 aliphatic carbocycles. The number of nitrogens with zero attached hydrogens (tertiary/aromatic N) is 1. The third kappa shape index (κ3) is 2.47. The predicted molar refractivity (Wildman–Crippen MR) is 83.2 cm³/mol. The Kier molecular flexibility index (Phi) is 4.06. The van der Waals surface area contributed by atoms with Crippen LogP contribution in [0.1, 0.15) is 66.7 Å². The van der Waals surface area contributed by atoms with Crippen molar-refractivity contribution in [3.05, 3.63) is 0 Å². The van der Waals surface area contributed by atoms with Gasteiger partial charge in [-0.05, 0) is 55.4 Å². The van der Waals surface area contributed by atoms with E-state index in [1.807, 2.05) is 0 Å². The molecule has 0 aromatic heterocycles. The van der Waals surface area contributed by atoms with Crippen LogP contribution < -0.4 is 5.73 Å². The minimum Gasteiger partial charge on any atom is -0.329 e. The van der Waals surface area contributed by atoms with Gasteiger partial charge >= 0.3 is 0 Å². The summed E-state index contributed by atoms with van der Waals surface area (Å²) in [6.07, 6.45) is 6.61. The number of likely N-dealkylation sites (tertiary alicyclic amines) is 1. The second kappa shape index (κ2) is 5.04. The zero-order chi connectivity index (χ0) is 14.3. The molecule has 0 bridgehead atoms. The van der Waals surface area contributed by atoms with Gasteiger partial charge in [0.2, 0.25) is 0 Å². The molecule has 1 saturated heterocycles. The molecule has 1 saturated carbocycles. The second-order valence-electron chi connectivity index (χ2n) is 8.13. The van der Waals surface area contributed by atoms with Crippen LogP contribution in [0.15, 0.2) is 0 Å². The molecule has 2 N–H and O–H groups in total. The first kappa shape index (κ1) is 15.3. The molecule has 0 aromatic carbocycles. The van der Waals surface area contributed by atoms with Crippen molar-refractivity contribution in [1.82, 2.24) is 4.90 Å². The van der Waals surface area contributed by atoms with Crippen LogP contribution in [0.2, 0.25) is 0 Å². The second-order valence-corrected chi connectivity index (χ2v) is 8.13. The predicted octanol–water partition coefficient (Wildman–Crippen LogP) is 3.65. The fraction of sp³-hybridized carbons (Fsp3) is 1.00. The molecule has 0 radical (unpaired) electrons. The third-order valence-electron chi connectivity index (χ3n) is 6.48. The molecule has 1 aliphatic heterocycles. The largest absolute Gasteiger partial charge is 0.329 e. The highest BCUT2D eigenvalue weighted by Crippen LogP contribution is 2.52. The maximum atomic E-state index is 6.29. The first-order valence-electron chi connectivity index (χ1n) is 8.28. The summed E-state index contributed by atoms with van der Waals surface area (Å²) in [5, 5.41) is 0. The van der Waals surface area contributed by atoms with Crippen LogP contribution >= 0.6 is 0 Å². The van der Waals surface area contributed by atoms with Crippen molar-refractivity contribution in [2.75, 3.05) is 19.6 Å². The van der Waals surface area contributed by atoms with E-state index in [-0.39, 0.29) is 5.54 Å². The van der Waals surface area contributed by atoms with E-state index in [4.69, 9.17) is 5.73 Å². The highest BCUT2D eigenvalue weighted by molar-refractivity contribution is 5.09. The molecular formula is C17H34N2. The highest BCUT2D eigenvalue weighted by atomic mass is 15.2. The first-order chi connectivity index (χ1) is 8.83. The van der Waals surface area contributed by atoms with E-state index in [1.54, 1.807) is 0 Å². The van der Waals surface area contributed by atoms with E-state index < -0.39 is 0 Å². The summed E-state index contributed by atoms with van der Waals surface area (Å²) in [6, 6.07) is 0. The maximum absolute atomic E-state index is 6.29. The molecule has 0 spiro atoms. The van der Waals surface area contributed by atoms with Crippen LogP contribution in [0.5, 0.6) is 0 Å². The van der Waals surface area contributed by atoms with Gasteiger partial charge in [0.25, 0.3) is 0 Å². The Morgan fingerprint density at radius 2 is 1.84 bits per heavy atom. The van der Waals surface area contributed by atoms with Crippen LogP contribution in [0.25, 0.3) is 0 Å². The van der Waals surface area contributed by atoms with Crippen LogP contribution in [0.3, 0.4) is 0 Å². The van der Waals surface area contributed by atoms with Crippen LogP contribution in [0.4, 0.5) is 0 Å². The molecule has 19 heavy (non-hydrogen) atoms. The van der Waals surface area contributed by atoms with E-state index >= 15 is 0 Å². The summed E-state index contributed by atoms with van der Waals surface area (Å²) in [5.41, 5.74) is 7.59. The van der Waals surface area contributed by atoms with Gasteiger partial charge in [0.1, 0.15) is 0 Å². The highest BCUT2D eigenvalue weighted by Gasteiger charge is 2.53. The Bertz CT molecular complexity index is 319. The van der Waals surface area contributed by atoms with E-state index in [0.717, 1.165) is 12.5 Å². The summed E-state index contributed by atoms with van der Waals surface area (Å²) in [4.78, 5) is 2.78. The quantitative estimate of drug-likeness (QED) is 0.841. The average molecular weight is 266 g/mol. The molecule has 0 amide bonds. The molecule has 2 rings (SSSR count). The van der Waals surface area contributed by atoms with Gasteiger partial charge in [0.05, 0.1) is 0 Å². The van der Waals surface area contributed by atoms with E-state index in [9.17, 15) is 0 Å². The van der Waals surface area contributed by atoms with E-state index in [0.29, 0.717) is 10.8 Å². The molecule has 2 aliphatic rings. The zero-order valence-corrected chi connectivity index (χ0v) is 13.8. The van der Waals surface area contributed by atoms with Crippen LogP contribution in [0, 0.1) is 16.7 Å². The molecule has 2 unspecified atom stereocenters. The first-order valence-corrected chi connectivity index (χ1v) is 8.28. The monoisotopic (exact) mass is 266 g/mol.